The summed E-state index contributed by atoms with van der Waals surface area (Å²) in [6.07, 6.45) is -4.61. The average molecular weight is 470 g/mol. The molecule has 0 aliphatic carbocycles. The van der Waals surface area contributed by atoms with Crippen LogP contribution in [0, 0.1) is 13.8 Å². The Morgan fingerprint density at radius 3 is 2.41 bits per heavy atom. The van der Waals surface area contributed by atoms with Gasteiger partial charge < -0.3 is 5.32 Å². The van der Waals surface area contributed by atoms with E-state index in [9.17, 15) is 22.8 Å². The van der Waals surface area contributed by atoms with Crippen molar-refractivity contribution in [3.8, 4) is 5.69 Å². The maximum absolute atomic E-state index is 13.4. The van der Waals surface area contributed by atoms with E-state index >= 15 is 0 Å². The zero-order valence-electron chi connectivity index (χ0n) is 18.5. The maximum Gasteiger partial charge on any atom is 0.416 e. The van der Waals surface area contributed by atoms with Crippen molar-refractivity contribution in [1.82, 2.24) is 15.2 Å². The van der Waals surface area contributed by atoms with E-state index in [1.54, 1.807) is 50.2 Å². The molecule has 2 N–H and O–H groups in total. The van der Waals surface area contributed by atoms with Gasteiger partial charge in [0.15, 0.2) is 0 Å². The second kappa shape index (κ2) is 8.65. The van der Waals surface area contributed by atoms with Crippen molar-refractivity contribution < 1.29 is 22.8 Å². The number of alkyl halides is 3. The molecule has 34 heavy (non-hydrogen) atoms. The van der Waals surface area contributed by atoms with Crippen molar-refractivity contribution in [3.63, 3.8) is 0 Å². The average Bonchev–Trinajstić information content (AvgIpc) is 3.13. The highest BCUT2D eigenvalue weighted by Crippen LogP contribution is 2.34. The van der Waals surface area contributed by atoms with E-state index in [2.05, 4.69) is 20.8 Å². The molecule has 0 saturated heterocycles. The number of nitrogens with one attached hydrogen (secondary N) is 2. The van der Waals surface area contributed by atoms with Gasteiger partial charge in [0.05, 0.1) is 28.3 Å². The number of rotatable bonds is 4. The molecule has 0 fully saturated rings. The molecule has 0 spiro atoms. The number of amidine groups is 1. The van der Waals surface area contributed by atoms with Crippen LogP contribution in [0.4, 0.5) is 24.5 Å². The first kappa shape index (κ1) is 23.0. The van der Waals surface area contributed by atoms with Gasteiger partial charge in [0.1, 0.15) is 6.04 Å². The first-order chi connectivity index (χ1) is 16.0. The number of benzene rings is 2. The second-order valence-corrected chi connectivity index (χ2v) is 7.80. The molecule has 8 nitrogen and oxygen atoms in total. The van der Waals surface area contributed by atoms with E-state index in [-0.39, 0.29) is 23.1 Å². The summed E-state index contributed by atoms with van der Waals surface area (Å²) in [6.45, 7) is 5.03. The number of hydrogen-bond acceptors (Lipinski definition) is 5. The predicted octanol–water partition coefficient (Wildman–Crippen LogP) is 3.78. The van der Waals surface area contributed by atoms with E-state index in [1.165, 1.54) is 22.7 Å². The van der Waals surface area contributed by atoms with Gasteiger partial charge in [0.2, 0.25) is 5.84 Å². The lowest BCUT2D eigenvalue weighted by Crippen LogP contribution is -2.57. The van der Waals surface area contributed by atoms with Crippen molar-refractivity contribution in [1.29, 1.82) is 0 Å². The number of amides is 2. The number of aliphatic imine (C=N–C) groups is 1. The van der Waals surface area contributed by atoms with Crippen LogP contribution in [0.5, 0.6) is 0 Å². The van der Waals surface area contributed by atoms with Gasteiger partial charge in [-0.05, 0) is 57.2 Å². The van der Waals surface area contributed by atoms with Gasteiger partial charge in [0, 0.05) is 5.69 Å². The number of para-hydroxylation sites is 1. The lowest BCUT2D eigenvalue weighted by atomic mass is 10.1. The quantitative estimate of drug-likeness (QED) is 0.607. The predicted molar refractivity (Wildman–Crippen MR) is 121 cm³/mol. The molecule has 1 unspecified atom stereocenters. The molecule has 0 bridgehead atoms. The van der Waals surface area contributed by atoms with Gasteiger partial charge in [0.25, 0.3) is 11.8 Å². The summed E-state index contributed by atoms with van der Waals surface area (Å²) in [4.78, 5) is 29.7. The summed E-state index contributed by atoms with van der Waals surface area (Å²) >= 11 is 0. The van der Waals surface area contributed by atoms with Crippen molar-refractivity contribution >= 4 is 29.0 Å². The summed E-state index contributed by atoms with van der Waals surface area (Å²) < 4.78 is 41.6. The molecular weight excluding hydrogens is 449 g/mol. The van der Waals surface area contributed by atoms with Crippen molar-refractivity contribution in [2.24, 2.45) is 4.99 Å². The van der Waals surface area contributed by atoms with Crippen LogP contribution >= 0.6 is 0 Å². The molecular formula is C23H21F3N6O2. The van der Waals surface area contributed by atoms with Gasteiger partial charge in [-0.1, -0.05) is 18.2 Å². The minimum Gasteiger partial charge on any atom is -0.317 e. The number of aromatic nitrogens is 2. The Labute approximate surface area is 193 Å². The van der Waals surface area contributed by atoms with Crippen molar-refractivity contribution in [2.45, 2.75) is 33.0 Å². The molecule has 11 heteroatoms. The van der Waals surface area contributed by atoms with Crippen LogP contribution in [0.2, 0.25) is 0 Å². The molecule has 1 aromatic heterocycles. The van der Waals surface area contributed by atoms with Gasteiger partial charge in [-0.25, -0.2) is 14.7 Å². The van der Waals surface area contributed by atoms with Crippen LogP contribution in [0.15, 0.2) is 59.6 Å². The summed E-state index contributed by atoms with van der Waals surface area (Å²) in [5.41, 5.74) is 3.72. The standard InChI is InChI=1S/C23H21F3N6O2/c1-13-11-14(2)31(29-13)19-10-9-16(23(24,25)26)12-18(19)28-21(33)20-27-15(3)22(34)32(30-20)17-7-5-4-6-8-17/h4-12,15H,1-3H3,(H,27,30)(H,28,33). The summed E-state index contributed by atoms with van der Waals surface area (Å²) in [5.74, 6) is -1.40. The van der Waals surface area contributed by atoms with E-state index in [0.717, 1.165) is 12.1 Å². The highest BCUT2D eigenvalue weighted by atomic mass is 19.4. The third kappa shape index (κ3) is 4.49. The fraction of sp³-hybridized carbons (Fsp3) is 0.217. The van der Waals surface area contributed by atoms with Crippen LogP contribution in [0.25, 0.3) is 5.69 Å². The van der Waals surface area contributed by atoms with Crippen molar-refractivity contribution in [2.75, 3.05) is 10.3 Å². The smallest absolute Gasteiger partial charge is 0.317 e. The van der Waals surface area contributed by atoms with Gasteiger partial charge in [-0.15, -0.1) is 0 Å². The fourth-order valence-electron chi connectivity index (χ4n) is 3.56. The number of halogens is 3. The Kier molecular flexibility index (Phi) is 5.86. The topological polar surface area (TPSA) is 91.6 Å². The zero-order chi connectivity index (χ0) is 24.6. The number of carbonyl (C=O) groups is 2. The van der Waals surface area contributed by atoms with Crippen molar-refractivity contribution in [3.05, 3.63) is 71.5 Å². The molecule has 1 aliphatic heterocycles. The molecule has 0 saturated carbocycles. The van der Waals surface area contributed by atoms with Gasteiger partial charge >= 0.3 is 6.18 Å². The van der Waals surface area contributed by atoms with Gasteiger partial charge in [-0.3, -0.25) is 15.0 Å². The van der Waals surface area contributed by atoms with Gasteiger partial charge in [-0.2, -0.15) is 18.3 Å². The number of carbonyl (C=O) groups excluding carboxylic acids is 2. The molecule has 1 aliphatic rings. The number of nitrogens with zero attached hydrogens (tertiary/aromatic N) is 4. The molecule has 1 atom stereocenters. The van der Waals surface area contributed by atoms with Crippen LogP contribution in [0.1, 0.15) is 23.9 Å². The fourth-order valence-corrected chi connectivity index (χ4v) is 3.56. The van der Waals surface area contributed by atoms with E-state index in [0.29, 0.717) is 17.1 Å². The number of anilines is 2. The first-order valence-corrected chi connectivity index (χ1v) is 10.3. The van der Waals surface area contributed by atoms with Crippen LogP contribution in [-0.4, -0.2) is 33.5 Å². The second-order valence-electron chi connectivity index (χ2n) is 7.80. The highest BCUT2D eigenvalue weighted by Gasteiger charge is 2.33. The van der Waals surface area contributed by atoms with Crippen LogP contribution in [0.3, 0.4) is 0 Å². The first-order valence-electron chi connectivity index (χ1n) is 10.3. The maximum atomic E-state index is 13.4. The number of aryl methyl sites for hydroxylation is 2. The lowest BCUT2D eigenvalue weighted by molar-refractivity contribution is -0.137. The van der Waals surface area contributed by atoms with E-state index in [4.69, 9.17) is 0 Å². The Hall–Kier alpha value is -4.15. The summed E-state index contributed by atoms with van der Waals surface area (Å²) in [7, 11) is 0. The number of hydrogen-bond donors (Lipinski definition) is 2. The Morgan fingerprint density at radius 1 is 1.09 bits per heavy atom. The zero-order valence-corrected chi connectivity index (χ0v) is 18.5. The minimum atomic E-state index is -4.61. The largest absolute Gasteiger partial charge is 0.416 e. The normalized spacial score (nSPS) is 16.2. The molecule has 2 amide bonds. The molecule has 3 aromatic rings. The monoisotopic (exact) mass is 470 g/mol. The van der Waals surface area contributed by atoms with E-state index in [1.807, 2.05) is 0 Å². The Balaban J connectivity index is 1.70. The molecule has 2 aromatic carbocycles. The molecule has 4 rings (SSSR count). The Bertz CT molecular complexity index is 1280. The lowest BCUT2D eigenvalue weighted by Gasteiger charge is -2.30. The number of hydrazine groups is 1. The molecule has 0 radical (unpaired) electrons. The Morgan fingerprint density at radius 2 is 1.79 bits per heavy atom. The molecule has 176 valence electrons. The van der Waals surface area contributed by atoms with Crippen LogP contribution in [-0.2, 0) is 15.8 Å². The van der Waals surface area contributed by atoms with Crippen LogP contribution < -0.4 is 15.8 Å². The SMILES string of the molecule is Cc1cc(C)n(-c2ccc(C(F)(F)F)cc2NC(=O)C2=NC(C)C(=O)N(c3ccccc3)N2)n1. The third-order valence-corrected chi connectivity index (χ3v) is 5.16. The summed E-state index contributed by atoms with van der Waals surface area (Å²) in [6, 6.07) is 12.5. The third-order valence-electron chi connectivity index (χ3n) is 5.16. The highest BCUT2D eigenvalue weighted by molar-refractivity contribution is 6.43. The molecule has 2 heterocycles. The minimum absolute atomic E-state index is 0.105. The van der Waals surface area contributed by atoms with E-state index < -0.39 is 23.7 Å². The summed E-state index contributed by atoms with van der Waals surface area (Å²) in [5, 5.41) is 8.00.